The Labute approximate surface area is 129 Å². The Morgan fingerprint density at radius 1 is 1.23 bits per heavy atom. The van der Waals surface area contributed by atoms with Gasteiger partial charge in [0.1, 0.15) is 12.4 Å². The van der Waals surface area contributed by atoms with Crippen molar-refractivity contribution in [1.82, 2.24) is 9.88 Å². The second-order valence-corrected chi connectivity index (χ2v) is 5.07. The van der Waals surface area contributed by atoms with Gasteiger partial charge in [0.25, 0.3) is 0 Å². The van der Waals surface area contributed by atoms with Gasteiger partial charge in [-0.05, 0) is 29.8 Å². The van der Waals surface area contributed by atoms with Gasteiger partial charge in [0.15, 0.2) is 0 Å². The Bertz CT molecular complexity index is 698. The molecule has 1 aromatic carbocycles. The molecule has 1 amide bonds. The summed E-state index contributed by atoms with van der Waals surface area (Å²) in [4.78, 5) is 22.5. The van der Waals surface area contributed by atoms with E-state index in [4.69, 9.17) is 4.74 Å². The van der Waals surface area contributed by atoms with Crippen LogP contribution in [0.5, 0.6) is 5.75 Å². The van der Waals surface area contributed by atoms with Crippen molar-refractivity contribution in [3.8, 4) is 5.75 Å². The predicted octanol–water partition coefficient (Wildman–Crippen LogP) is 1.92. The zero-order chi connectivity index (χ0) is 15.4. The molecular formula is C17H17N3O2. The summed E-state index contributed by atoms with van der Waals surface area (Å²) in [5.74, 6) is 0.851. The van der Waals surface area contributed by atoms with Gasteiger partial charge >= 0.3 is 0 Å². The van der Waals surface area contributed by atoms with Crippen LogP contribution in [0.4, 0.5) is 0 Å². The highest BCUT2D eigenvalue weighted by atomic mass is 16.5. The van der Waals surface area contributed by atoms with Gasteiger partial charge in [-0.15, -0.1) is 0 Å². The molecule has 0 spiro atoms. The van der Waals surface area contributed by atoms with E-state index in [-0.39, 0.29) is 5.91 Å². The normalized spacial score (nSPS) is 13.9. The Morgan fingerprint density at radius 2 is 2.00 bits per heavy atom. The van der Waals surface area contributed by atoms with Crippen molar-refractivity contribution in [1.29, 1.82) is 0 Å². The number of nitrogens with zero attached hydrogens (tertiary/aromatic N) is 3. The fourth-order valence-corrected chi connectivity index (χ4v) is 2.46. The Morgan fingerprint density at radius 3 is 2.77 bits per heavy atom. The van der Waals surface area contributed by atoms with Crippen molar-refractivity contribution in [2.45, 2.75) is 6.42 Å². The fraction of sp³-hybridized carbons (Fsp3) is 0.235. The highest BCUT2D eigenvalue weighted by Gasteiger charge is 2.23. The maximum Gasteiger partial charge on any atom is 0.228 e. The summed E-state index contributed by atoms with van der Waals surface area (Å²) in [7, 11) is 1.64. The minimum absolute atomic E-state index is 0.0693. The molecule has 0 saturated carbocycles. The van der Waals surface area contributed by atoms with Crippen molar-refractivity contribution >= 4 is 11.6 Å². The van der Waals surface area contributed by atoms with Gasteiger partial charge in [0.05, 0.1) is 25.8 Å². The van der Waals surface area contributed by atoms with E-state index in [2.05, 4.69) is 9.98 Å². The molecule has 1 aromatic heterocycles. The third-order valence-corrected chi connectivity index (χ3v) is 3.65. The number of carbonyl (C=O) groups is 1. The lowest BCUT2D eigenvalue weighted by Gasteiger charge is -2.15. The van der Waals surface area contributed by atoms with E-state index in [1.165, 1.54) is 0 Å². The van der Waals surface area contributed by atoms with Crippen LogP contribution >= 0.6 is 0 Å². The summed E-state index contributed by atoms with van der Waals surface area (Å²) in [5.41, 5.74) is 2.80. The topological polar surface area (TPSA) is 54.8 Å². The van der Waals surface area contributed by atoms with Crippen LogP contribution in [0.1, 0.15) is 11.1 Å². The molecule has 5 heteroatoms. The molecular weight excluding hydrogens is 278 g/mol. The van der Waals surface area contributed by atoms with Crippen molar-refractivity contribution in [2.24, 2.45) is 4.99 Å². The molecule has 5 nitrogen and oxygen atoms in total. The average Bonchev–Trinajstić information content (AvgIpc) is 3.05. The molecule has 0 unspecified atom stereocenters. The third kappa shape index (κ3) is 2.98. The molecule has 1 aliphatic heterocycles. The zero-order valence-electron chi connectivity index (χ0n) is 12.4. The standard InChI is InChI=1S/C17H17N3O2/c1-22-16-5-3-2-4-14(16)15-11-20(12-19-15)17(21)10-13-6-8-18-9-7-13/h2-9H,10-12H2,1H3. The number of carbonyl (C=O) groups excluding carboxylic acids is 1. The second-order valence-electron chi connectivity index (χ2n) is 5.07. The molecule has 1 aliphatic rings. The van der Waals surface area contributed by atoms with Gasteiger partial charge in [-0.1, -0.05) is 12.1 Å². The summed E-state index contributed by atoms with van der Waals surface area (Å²) in [6.07, 6.45) is 3.77. The zero-order valence-corrected chi connectivity index (χ0v) is 12.4. The van der Waals surface area contributed by atoms with Crippen LogP contribution in [0.2, 0.25) is 0 Å². The maximum atomic E-state index is 12.3. The highest BCUT2D eigenvalue weighted by molar-refractivity contribution is 6.06. The first-order chi connectivity index (χ1) is 10.8. The smallest absolute Gasteiger partial charge is 0.228 e. The minimum atomic E-state index is 0.0693. The van der Waals surface area contributed by atoms with Crippen molar-refractivity contribution in [3.63, 3.8) is 0 Å². The van der Waals surface area contributed by atoms with Crippen LogP contribution in [-0.4, -0.2) is 41.8 Å². The van der Waals surface area contributed by atoms with Crippen molar-refractivity contribution in [2.75, 3.05) is 20.3 Å². The number of para-hydroxylation sites is 1. The number of hydrogen-bond donors (Lipinski definition) is 0. The Hall–Kier alpha value is -2.69. The first kappa shape index (κ1) is 14.3. The van der Waals surface area contributed by atoms with Gasteiger partial charge in [-0.2, -0.15) is 0 Å². The number of methoxy groups -OCH3 is 1. The van der Waals surface area contributed by atoms with Gasteiger partial charge in [-0.25, -0.2) is 0 Å². The van der Waals surface area contributed by atoms with E-state index in [1.54, 1.807) is 24.4 Å². The van der Waals surface area contributed by atoms with Gasteiger partial charge in [0, 0.05) is 18.0 Å². The Kier molecular flexibility index (Phi) is 4.14. The summed E-state index contributed by atoms with van der Waals surface area (Å²) >= 11 is 0. The number of aromatic nitrogens is 1. The lowest BCUT2D eigenvalue weighted by Crippen LogP contribution is -2.32. The average molecular weight is 295 g/mol. The van der Waals surface area contributed by atoms with Crippen LogP contribution < -0.4 is 4.74 Å². The number of ether oxygens (including phenoxy) is 1. The lowest BCUT2D eigenvalue weighted by molar-refractivity contribution is -0.129. The number of rotatable bonds is 4. The first-order valence-corrected chi connectivity index (χ1v) is 7.11. The van der Waals surface area contributed by atoms with Gasteiger partial charge in [0.2, 0.25) is 5.91 Å². The molecule has 112 valence electrons. The predicted molar refractivity (Wildman–Crippen MR) is 84.1 cm³/mol. The summed E-state index contributed by atoms with van der Waals surface area (Å²) in [5, 5.41) is 0. The van der Waals surface area contributed by atoms with E-state index in [1.807, 2.05) is 36.4 Å². The van der Waals surface area contributed by atoms with Crippen LogP contribution in [0.3, 0.4) is 0 Å². The minimum Gasteiger partial charge on any atom is -0.496 e. The fourth-order valence-electron chi connectivity index (χ4n) is 2.46. The van der Waals surface area contributed by atoms with Gasteiger partial charge < -0.3 is 9.64 Å². The maximum absolute atomic E-state index is 12.3. The molecule has 0 fully saturated rings. The number of hydrogen-bond acceptors (Lipinski definition) is 4. The molecule has 0 bridgehead atoms. The van der Waals surface area contributed by atoms with E-state index in [0.29, 0.717) is 19.6 Å². The number of amides is 1. The quantitative estimate of drug-likeness (QED) is 0.866. The second kappa shape index (κ2) is 6.39. The van der Waals surface area contributed by atoms with E-state index >= 15 is 0 Å². The van der Waals surface area contributed by atoms with Crippen molar-refractivity contribution in [3.05, 3.63) is 59.9 Å². The molecule has 0 N–H and O–H groups in total. The first-order valence-electron chi connectivity index (χ1n) is 7.11. The molecule has 22 heavy (non-hydrogen) atoms. The molecule has 0 aliphatic carbocycles. The summed E-state index contributed by atoms with van der Waals surface area (Å²) in [6, 6.07) is 11.5. The molecule has 0 atom stereocenters. The van der Waals surface area contributed by atoms with E-state index < -0.39 is 0 Å². The lowest BCUT2D eigenvalue weighted by atomic mass is 10.1. The van der Waals surface area contributed by atoms with E-state index in [9.17, 15) is 4.79 Å². The van der Waals surface area contributed by atoms with Crippen LogP contribution in [0.25, 0.3) is 0 Å². The number of aliphatic imine (C=N–C) groups is 1. The molecule has 2 heterocycles. The van der Waals surface area contributed by atoms with Crippen LogP contribution in [0, 0.1) is 0 Å². The number of benzene rings is 1. The largest absolute Gasteiger partial charge is 0.496 e. The summed E-state index contributed by atoms with van der Waals surface area (Å²) in [6.45, 7) is 0.918. The van der Waals surface area contributed by atoms with E-state index in [0.717, 1.165) is 22.6 Å². The van der Waals surface area contributed by atoms with Crippen molar-refractivity contribution < 1.29 is 9.53 Å². The molecule has 3 rings (SSSR count). The third-order valence-electron chi connectivity index (χ3n) is 3.65. The molecule has 0 saturated heterocycles. The van der Waals surface area contributed by atoms with Crippen LogP contribution in [0.15, 0.2) is 53.8 Å². The number of pyridine rings is 1. The highest BCUT2D eigenvalue weighted by Crippen LogP contribution is 2.21. The SMILES string of the molecule is COc1ccccc1C1=NCN(C(=O)Cc2ccncc2)C1. The van der Waals surface area contributed by atoms with Crippen LogP contribution in [-0.2, 0) is 11.2 Å². The Balaban J connectivity index is 1.68. The molecule has 2 aromatic rings. The van der Waals surface area contributed by atoms with Gasteiger partial charge in [-0.3, -0.25) is 14.8 Å². The molecule has 0 radical (unpaired) electrons. The monoisotopic (exact) mass is 295 g/mol. The summed E-state index contributed by atoms with van der Waals surface area (Å²) < 4.78 is 5.36.